The van der Waals surface area contributed by atoms with Crippen LogP contribution in [-0.2, 0) is 20.8 Å². The van der Waals surface area contributed by atoms with Crippen molar-refractivity contribution in [1.29, 1.82) is 0 Å². The van der Waals surface area contributed by atoms with Gasteiger partial charge in [0.05, 0.1) is 25.9 Å². The maximum Gasteiger partial charge on any atom is 0.174 e. The minimum atomic E-state index is -0.248. The highest BCUT2D eigenvalue weighted by Gasteiger charge is 2.65. The molecule has 7 atom stereocenters. The lowest BCUT2D eigenvalue weighted by atomic mass is 9.50. The fourth-order valence-corrected chi connectivity index (χ4v) is 8.64. The van der Waals surface area contributed by atoms with Crippen LogP contribution in [0.1, 0.15) is 70.3 Å². The van der Waals surface area contributed by atoms with Gasteiger partial charge in [0.2, 0.25) is 0 Å². The molecule has 1 spiro atoms. The third-order valence-corrected chi connectivity index (χ3v) is 10.0. The molecule has 0 amide bonds. The van der Waals surface area contributed by atoms with E-state index in [0.29, 0.717) is 6.10 Å². The summed E-state index contributed by atoms with van der Waals surface area (Å²) in [6.45, 7) is 4.88. The molecule has 4 aliphatic carbocycles. The van der Waals surface area contributed by atoms with Crippen LogP contribution in [0.25, 0.3) is 0 Å². The van der Waals surface area contributed by atoms with Crippen molar-refractivity contribution < 1.29 is 14.2 Å². The fourth-order valence-electron chi connectivity index (χ4n) is 8.64. The van der Waals surface area contributed by atoms with Crippen LogP contribution in [0.3, 0.4) is 0 Å². The Labute approximate surface area is 181 Å². The Balaban J connectivity index is 1.11. The molecule has 6 rings (SSSR count). The average molecular weight is 411 g/mol. The molecule has 0 radical (unpaired) electrons. The van der Waals surface area contributed by atoms with Crippen LogP contribution in [0.15, 0.2) is 30.3 Å². The number of hydrogen-bond acceptors (Lipinski definition) is 3. The predicted octanol–water partition coefficient (Wildman–Crippen LogP) is 5.97. The quantitative estimate of drug-likeness (QED) is 0.615. The second-order valence-corrected chi connectivity index (χ2v) is 11.1. The van der Waals surface area contributed by atoms with E-state index in [4.69, 9.17) is 14.2 Å². The first kappa shape index (κ1) is 19.8. The van der Waals surface area contributed by atoms with Crippen molar-refractivity contribution in [2.24, 2.45) is 35.0 Å². The summed E-state index contributed by atoms with van der Waals surface area (Å²) in [6.07, 6.45) is 12.4. The summed E-state index contributed by atoms with van der Waals surface area (Å²) in [5, 5.41) is 0. The summed E-state index contributed by atoms with van der Waals surface area (Å²) in [7, 11) is 0. The smallest absolute Gasteiger partial charge is 0.174 e. The molecule has 4 saturated carbocycles. The normalized spacial score (nSPS) is 44.4. The molecule has 5 aliphatic rings. The topological polar surface area (TPSA) is 27.7 Å². The van der Waals surface area contributed by atoms with E-state index < -0.39 is 0 Å². The van der Waals surface area contributed by atoms with E-state index in [-0.39, 0.29) is 11.2 Å². The summed E-state index contributed by atoms with van der Waals surface area (Å²) in [6, 6.07) is 10.7. The highest BCUT2D eigenvalue weighted by atomic mass is 16.7. The zero-order valence-corrected chi connectivity index (χ0v) is 18.6. The molecule has 0 unspecified atom stereocenters. The monoisotopic (exact) mass is 410 g/mol. The maximum atomic E-state index is 6.37. The largest absolute Gasteiger partial charge is 0.374 e. The number of rotatable bonds is 3. The second-order valence-electron chi connectivity index (χ2n) is 11.1. The van der Waals surface area contributed by atoms with Gasteiger partial charge in [0, 0.05) is 11.8 Å². The SMILES string of the molecule is C[C@]12CC[C@H]3[C@@H](CC[C@@H]4C[C@H](OCc5ccccc5)CC[C@@H]43)[C@@H]1CCC21OCCO1. The Morgan fingerprint density at radius 1 is 0.867 bits per heavy atom. The first-order chi connectivity index (χ1) is 14.7. The van der Waals surface area contributed by atoms with Gasteiger partial charge in [-0.15, -0.1) is 0 Å². The molecule has 0 aromatic heterocycles. The highest BCUT2D eigenvalue weighted by molar-refractivity contribution is 5.14. The molecule has 0 N–H and O–H groups in total. The van der Waals surface area contributed by atoms with Gasteiger partial charge in [-0.3, -0.25) is 0 Å². The molecule has 1 aromatic carbocycles. The van der Waals surface area contributed by atoms with Crippen LogP contribution in [-0.4, -0.2) is 25.1 Å². The van der Waals surface area contributed by atoms with Crippen molar-refractivity contribution in [2.45, 2.75) is 83.2 Å². The van der Waals surface area contributed by atoms with Crippen LogP contribution in [0.4, 0.5) is 0 Å². The van der Waals surface area contributed by atoms with Crippen molar-refractivity contribution in [3.8, 4) is 0 Å². The van der Waals surface area contributed by atoms with Crippen molar-refractivity contribution >= 4 is 0 Å². The maximum absolute atomic E-state index is 6.37. The highest BCUT2D eigenvalue weighted by Crippen LogP contribution is 2.67. The van der Waals surface area contributed by atoms with Crippen LogP contribution in [0.5, 0.6) is 0 Å². The lowest BCUT2D eigenvalue weighted by molar-refractivity contribution is -0.243. The van der Waals surface area contributed by atoms with Gasteiger partial charge in [-0.2, -0.15) is 0 Å². The summed E-state index contributed by atoms with van der Waals surface area (Å²) in [4.78, 5) is 0. The molecule has 0 bridgehead atoms. The van der Waals surface area contributed by atoms with Gasteiger partial charge in [0.1, 0.15) is 0 Å². The predicted molar refractivity (Wildman–Crippen MR) is 117 cm³/mol. The summed E-state index contributed by atoms with van der Waals surface area (Å²) < 4.78 is 19.0. The molecule has 3 heteroatoms. The zero-order chi connectivity index (χ0) is 20.2. The molecule has 3 nitrogen and oxygen atoms in total. The van der Waals surface area contributed by atoms with Crippen LogP contribution in [0, 0.1) is 35.0 Å². The van der Waals surface area contributed by atoms with Gasteiger partial charge in [-0.1, -0.05) is 37.3 Å². The van der Waals surface area contributed by atoms with E-state index >= 15 is 0 Å². The average Bonchev–Trinajstić information content (AvgIpc) is 3.38. The molecule has 1 heterocycles. The third kappa shape index (κ3) is 3.03. The van der Waals surface area contributed by atoms with Crippen LogP contribution in [0.2, 0.25) is 0 Å². The Kier molecular flexibility index (Phi) is 5.01. The molecule has 1 saturated heterocycles. The van der Waals surface area contributed by atoms with E-state index in [1.54, 1.807) is 0 Å². The summed E-state index contributed by atoms with van der Waals surface area (Å²) in [5.41, 5.74) is 1.55. The Morgan fingerprint density at radius 2 is 1.67 bits per heavy atom. The minimum absolute atomic E-state index is 0.244. The summed E-state index contributed by atoms with van der Waals surface area (Å²) in [5.74, 6) is 4.23. The van der Waals surface area contributed by atoms with E-state index in [1.165, 1.54) is 56.9 Å². The molecule has 5 fully saturated rings. The van der Waals surface area contributed by atoms with E-state index in [9.17, 15) is 0 Å². The van der Waals surface area contributed by atoms with Crippen LogP contribution < -0.4 is 0 Å². The third-order valence-electron chi connectivity index (χ3n) is 10.0. The van der Waals surface area contributed by atoms with Crippen molar-refractivity contribution in [3.63, 3.8) is 0 Å². The molecule has 1 aromatic rings. The van der Waals surface area contributed by atoms with Gasteiger partial charge in [0.25, 0.3) is 0 Å². The van der Waals surface area contributed by atoms with Gasteiger partial charge < -0.3 is 14.2 Å². The molecule has 1 aliphatic heterocycles. The molecular weight excluding hydrogens is 372 g/mol. The second kappa shape index (κ2) is 7.60. The minimum Gasteiger partial charge on any atom is -0.374 e. The number of benzene rings is 1. The van der Waals surface area contributed by atoms with E-state index in [2.05, 4.69) is 37.3 Å². The van der Waals surface area contributed by atoms with Crippen molar-refractivity contribution in [2.75, 3.05) is 13.2 Å². The summed E-state index contributed by atoms with van der Waals surface area (Å²) >= 11 is 0. The van der Waals surface area contributed by atoms with Crippen LogP contribution >= 0.6 is 0 Å². The van der Waals surface area contributed by atoms with Crippen molar-refractivity contribution in [3.05, 3.63) is 35.9 Å². The zero-order valence-electron chi connectivity index (χ0n) is 18.6. The van der Waals surface area contributed by atoms with E-state index in [1.807, 2.05) is 0 Å². The first-order valence-corrected chi connectivity index (χ1v) is 12.6. The fraction of sp³-hybridized carbons (Fsp3) is 0.778. The van der Waals surface area contributed by atoms with Gasteiger partial charge >= 0.3 is 0 Å². The van der Waals surface area contributed by atoms with Gasteiger partial charge in [-0.05, 0) is 86.5 Å². The molecule has 30 heavy (non-hydrogen) atoms. The number of hydrogen-bond donors (Lipinski definition) is 0. The van der Waals surface area contributed by atoms with Gasteiger partial charge in [-0.25, -0.2) is 0 Å². The Hall–Kier alpha value is -0.900. The number of ether oxygens (including phenoxy) is 3. The number of fused-ring (bicyclic) bond motifs is 6. The first-order valence-electron chi connectivity index (χ1n) is 12.6. The molecule has 164 valence electrons. The Bertz CT molecular complexity index is 742. The standard InChI is InChI=1S/C27H38O3/c1-26-13-11-23-22-10-8-21(28-18-19-5-3-2-4-6-19)17-20(22)7-9-24(23)25(26)12-14-27(26)29-15-16-30-27/h2-6,20-25H,7-18H2,1H3/t20-,21-,22+,23-,24-,25+,26+/m1/s1. The van der Waals surface area contributed by atoms with E-state index in [0.717, 1.165) is 55.8 Å². The molecular formula is C27H38O3. The lowest BCUT2D eigenvalue weighted by Crippen LogP contribution is -2.54. The Morgan fingerprint density at radius 3 is 2.50 bits per heavy atom. The lowest BCUT2D eigenvalue weighted by Gasteiger charge is -2.57. The van der Waals surface area contributed by atoms with Gasteiger partial charge in [0.15, 0.2) is 5.79 Å². The van der Waals surface area contributed by atoms with Crippen molar-refractivity contribution in [1.82, 2.24) is 0 Å².